The maximum atomic E-state index is 10.2. The van der Waals surface area contributed by atoms with Gasteiger partial charge in [0.1, 0.15) is 0 Å². The predicted octanol–water partition coefficient (Wildman–Crippen LogP) is 13.1. The van der Waals surface area contributed by atoms with E-state index in [1.54, 1.807) is 0 Å². The molecule has 0 fully saturated rings. The van der Waals surface area contributed by atoms with Gasteiger partial charge in [0.15, 0.2) is 5.69 Å². The normalized spacial score (nSPS) is 11.6. The van der Waals surface area contributed by atoms with E-state index in [1.807, 2.05) is 36.4 Å². The number of nitrogens with zero attached hydrogens (tertiary/aromatic N) is 5. The maximum Gasteiger partial charge on any atom is 0.188 e. The fourth-order valence-electron chi connectivity index (χ4n) is 8.69. The smallest absolute Gasteiger partial charge is 0.188 e. The molecule has 0 unspecified atom stereocenters. The van der Waals surface area contributed by atoms with Gasteiger partial charge in [0.05, 0.1) is 57.0 Å². The van der Waals surface area contributed by atoms with Crippen LogP contribution in [0.5, 0.6) is 0 Å². The lowest BCUT2D eigenvalue weighted by molar-refractivity contribution is 1.15. The van der Waals surface area contributed by atoms with Crippen LogP contribution in [0.15, 0.2) is 176 Å². The quantitative estimate of drug-likeness (QED) is 0.169. The number of rotatable bonds is 4. The van der Waals surface area contributed by atoms with Gasteiger partial charge in [-0.15, -0.1) is 0 Å². The number of nitriles is 1. The van der Waals surface area contributed by atoms with Crippen molar-refractivity contribution >= 4 is 71.1 Å². The van der Waals surface area contributed by atoms with E-state index in [-0.39, 0.29) is 0 Å². The Morgan fingerprint density at radius 2 is 0.927 bits per heavy atom. The van der Waals surface area contributed by atoms with Gasteiger partial charge in [0, 0.05) is 43.9 Å². The van der Waals surface area contributed by atoms with Crippen LogP contribution in [0.3, 0.4) is 0 Å². The second kappa shape index (κ2) is 11.8. The van der Waals surface area contributed by atoms with E-state index in [0.29, 0.717) is 11.3 Å². The van der Waals surface area contributed by atoms with E-state index in [2.05, 4.69) is 164 Å². The Morgan fingerprint density at radius 3 is 1.53 bits per heavy atom. The van der Waals surface area contributed by atoms with Crippen LogP contribution in [0.25, 0.3) is 98.5 Å². The van der Waals surface area contributed by atoms with Crippen LogP contribution in [0.4, 0.5) is 5.69 Å². The molecule has 3 heterocycles. The fraction of sp³-hybridized carbons (Fsp3) is 0. The van der Waals surface area contributed by atoms with Crippen LogP contribution >= 0.6 is 0 Å². The Labute approximate surface area is 316 Å². The van der Waals surface area contributed by atoms with Crippen molar-refractivity contribution in [2.24, 2.45) is 0 Å². The van der Waals surface area contributed by atoms with Gasteiger partial charge in [0.25, 0.3) is 0 Å². The Bertz CT molecular complexity index is 3400. The Hall–Kier alpha value is -7.86. The van der Waals surface area contributed by atoms with Crippen molar-refractivity contribution in [2.45, 2.75) is 0 Å². The van der Waals surface area contributed by atoms with Crippen molar-refractivity contribution < 1.29 is 0 Å². The molecule has 3 aromatic heterocycles. The average Bonchev–Trinajstić information content (AvgIpc) is 3.88. The third-order valence-corrected chi connectivity index (χ3v) is 11.1. The predicted molar refractivity (Wildman–Crippen MR) is 226 cm³/mol. The Kier molecular flexibility index (Phi) is 6.61. The lowest BCUT2D eigenvalue weighted by atomic mass is 10.0. The van der Waals surface area contributed by atoms with Crippen LogP contribution < -0.4 is 0 Å². The first-order valence-corrected chi connectivity index (χ1v) is 18.3. The third kappa shape index (κ3) is 4.51. The van der Waals surface area contributed by atoms with Crippen LogP contribution in [0.2, 0.25) is 0 Å². The van der Waals surface area contributed by atoms with Crippen LogP contribution in [0.1, 0.15) is 5.56 Å². The molecule has 0 amide bonds. The number of fused-ring (bicyclic) bond motifs is 9. The molecular weight excluding hydrogens is 671 g/mol. The van der Waals surface area contributed by atoms with Crippen molar-refractivity contribution in [3.05, 3.63) is 193 Å². The van der Waals surface area contributed by atoms with Crippen LogP contribution in [0, 0.1) is 17.9 Å². The molecular formula is C50H29N5. The largest absolute Gasteiger partial charge is 0.309 e. The van der Waals surface area contributed by atoms with Gasteiger partial charge in [-0.05, 0) is 83.7 Å². The summed E-state index contributed by atoms with van der Waals surface area (Å²) >= 11 is 0. The summed E-state index contributed by atoms with van der Waals surface area (Å²) in [6.07, 6.45) is 0. The molecule has 0 aliphatic heterocycles. The number of aromatic nitrogens is 3. The molecule has 0 N–H and O–H groups in total. The van der Waals surface area contributed by atoms with Crippen molar-refractivity contribution in [3.8, 4) is 34.3 Å². The first-order valence-electron chi connectivity index (χ1n) is 18.3. The SMILES string of the molecule is [C-]#[N+]c1ccc2c(c1)c1ccccc1n2-c1ccc(-c2ccc(C#N)cc2-n2c3ccccc3c3ccc(-n4c5ccccc5c5ccccc54)cc32)cc1. The summed E-state index contributed by atoms with van der Waals surface area (Å²) in [7, 11) is 0. The van der Waals surface area contributed by atoms with Gasteiger partial charge in [-0.3, -0.25) is 0 Å². The van der Waals surface area contributed by atoms with Gasteiger partial charge in [0.2, 0.25) is 0 Å². The molecule has 0 radical (unpaired) electrons. The molecule has 0 spiro atoms. The van der Waals surface area contributed by atoms with Crippen molar-refractivity contribution in [2.75, 3.05) is 0 Å². The average molecular weight is 700 g/mol. The molecule has 5 heteroatoms. The lowest BCUT2D eigenvalue weighted by Gasteiger charge is -2.16. The molecule has 0 aliphatic carbocycles. The highest BCUT2D eigenvalue weighted by atomic mass is 15.0. The molecule has 0 saturated carbocycles. The van der Waals surface area contributed by atoms with Gasteiger partial charge in [-0.2, -0.15) is 5.26 Å². The summed E-state index contributed by atoms with van der Waals surface area (Å²) < 4.78 is 6.95. The summed E-state index contributed by atoms with van der Waals surface area (Å²) in [5.74, 6) is 0. The Morgan fingerprint density at radius 1 is 0.418 bits per heavy atom. The molecule has 0 atom stereocenters. The zero-order chi connectivity index (χ0) is 36.6. The molecule has 0 aliphatic rings. The zero-order valence-electron chi connectivity index (χ0n) is 29.5. The molecule has 5 nitrogen and oxygen atoms in total. The fourth-order valence-corrected chi connectivity index (χ4v) is 8.69. The Balaban J connectivity index is 1.13. The number of para-hydroxylation sites is 4. The van der Waals surface area contributed by atoms with E-state index in [9.17, 15) is 5.26 Å². The minimum atomic E-state index is 0.601. The molecule has 11 rings (SSSR count). The topological polar surface area (TPSA) is 42.9 Å². The standard InChI is InChI=1S/C50H29N5/c1-52-34-21-27-48-43(29-34)41-13-5-8-16-46(41)53(48)35-22-19-33(20-23-35)37-25-18-32(31-51)28-49(37)55-47-17-9-4-12-40(47)42-26-24-36(30-50(42)55)54-44-14-6-2-10-38(44)39-11-3-7-15-45(39)54/h2-30H. The number of hydrogen-bond donors (Lipinski definition) is 0. The summed E-state index contributed by atoms with van der Waals surface area (Å²) in [6, 6.07) is 63.8. The monoisotopic (exact) mass is 699 g/mol. The third-order valence-electron chi connectivity index (χ3n) is 11.1. The highest BCUT2D eigenvalue weighted by Crippen LogP contribution is 2.40. The number of hydrogen-bond acceptors (Lipinski definition) is 1. The summed E-state index contributed by atoms with van der Waals surface area (Å²) in [5, 5.41) is 17.1. The van der Waals surface area contributed by atoms with Gasteiger partial charge >= 0.3 is 0 Å². The van der Waals surface area contributed by atoms with Crippen molar-refractivity contribution in [3.63, 3.8) is 0 Å². The maximum absolute atomic E-state index is 10.2. The van der Waals surface area contributed by atoms with E-state index < -0.39 is 0 Å². The molecule has 0 bridgehead atoms. The molecule has 11 aromatic rings. The number of benzene rings is 8. The van der Waals surface area contributed by atoms with E-state index >= 15 is 0 Å². The van der Waals surface area contributed by atoms with Gasteiger partial charge in [-0.25, -0.2) is 4.85 Å². The van der Waals surface area contributed by atoms with Crippen LogP contribution in [-0.2, 0) is 0 Å². The summed E-state index contributed by atoms with van der Waals surface area (Å²) in [4.78, 5) is 3.69. The molecule has 55 heavy (non-hydrogen) atoms. The van der Waals surface area contributed by atoms with Crippen molar-refractivity contribution in [1.29, 1.82) is 5.26 Å². The first kappa shape index (κ1) is 30.7. The second-order valence-corrected chi connectivity index (χ2v) is 14.0. The molecule has 8 aromatic carbocycles. The van der Waals surface area contributed by atoms with Crippen LogP contribution in [-0.4, -0.2) is 13.7 Å². The van der Waals surface area contributed by atoms with Crippen molar-refractivity contribution in [1.82, 2.24) is 13.7 Å². The minimum Gasteiger partial charge on any atom is -0.309 e. The first-order chi connectivity index (χ1) is 27.2. The minimum absolute atomic E-state index is 0.601. The van der Waals surface area contributed by atoms with E-state index in [0.717, 1.165) is 82.8 Å². The van der Waals surface area contributed by atoms with E-state index in [4.69, 9.17) is 6.57 Å². The lowest BCUT2D eigenvalue weighted by Crippen LogP contribution is -2.00. The molecule has 254 valence electrons. The second-order valence-electron chi connectivity index (χ2n) is 14.0. The van der Waals surface area contributed by atoms with Gasteiger partial charge < -0.3 is 13.7 Å². The summed E-state index contributed by atoms with van der Waals surface area (Å²) in [6.45, 7) is 7.59. The van der Waals surface area contributed by atoms with Gasteiger partial charge in [-0.1, -0.05) is 103 Å². The highest BCUT2D eigenvalue weighted by Gasteiger charge is 2.19. The van der Waals surface area contributed by atoms with E-state index in [1.165, 1.54) is 10.8 Å². The molecule has 0 saturated heterocycles. The highest BCUT2D eigenvalue weighted by molar-refractivity contribution is 6.13. The zero-order valence-corrected chi connectivity index (χ0v) is 29.5. The summed E-state index contributed by atoms with van der Waals surface area (Å²) in [5.41, 5.74) is 13.0.